The van der Waals surface area contributed by atoms with Crippen molar-refractivity contribution in [2.24, 2.45) is 17.8 Å². The van der Waals surface area contributed by atoms with E-state index in [9.17, 15) is 19.8 Å². The van der Waals surface area contributed by atoms with Crippen LogP contribution in [0.5, 0.6) is 0 Å². The van der Waals surface area contributed by atoms with E-state index in [-0.39, 0.29) is 35.9 Å². The quantitative estimate of drug-likeness (QED) is 0.327. The molecule has 8 atom stereocenters. The second-order valence-electron chi connectivity index (χ2n) is 12.8. The third-order valence-electron chi connectivity index (χ3n) is 9.36. The first-order valence-electron chi connectivity index (χ1n) is 15.2. The van der Waals surface area contributed by atoms with Gasteiger partial charge in [-0.1, -0.05) is 55.9 Å². The number of ketones is 1. The second kappa shape index (κ2) is 12.9. The SMILES string of the molecule is C/C=C(\C)[C@H]1O[C@]2(CC[C@@H]1C)C[C@@H]1C[C@@H](C/C=C(/C)C[C@@H](C)/C=C\C=C(\CO)[C@]3(O)CC(=O)C(C)=C[C@H]3C(=O)O1)O2. The summed E-state index contributed by atoms with van der Waals surface area (Å²) in [5, 5.41) is 22.1. The molecule has 2 fully saturated rings. The van der Waals surface area contributed by atoms with Crippen LogP contribution in [0.1, 0.15) is 86.5 Å². The van der Waals surface area contributed by atoms with Gasteiger partial charge in [0.2, 0.25) is 0 Å². The molecule has 0 radical (unpaired) electrons. The molecule has 7 heteroatoms. The third kappa shape index (κ3) is 7.02. The highest BCUT2D eigenvalue weighted by Crippen LogP contribution is 2.45. The lowest BCUT2D eigenvalue weighted by Crippen LogP contribution is -2.55. The Labute approximate surface area is 245 Å². The van der Waals surface area contributed by atoms with Gasteiger partial charge in [-0.05, 0) is 75.5 Å². The van der Waals surface area contributed by atoms with Gasteiger partial charge >= 0.3 is 5.97 Å². The zero-order valence-electron chi connectivity index (χ0n) is 25.5. The molecule has 1 aliphatic carbocycles. The summed E-state index contributed by atoms with van der Waals surface area (Å²) in [5.41, 5.74) is 1.13. The van der Waals surface area contributed by atoms with Crippen molar-refractivity contribution in [1.82, 2.24) is 0 Å². The van der Waals surface area contributed by atoms with E-state index in [0.29, 0.717) is 37.2 Å². The molecule has 0 unspecified atom stereocenters. The van der Waals surface area contributed by atoms with Gasteiger partial charge in [-0.25, -0.2) is 0 Å². The van der Waals surface area contributed by atoms with Crippen LogP contribution in [0.15, 0.2) is 58.7 Å². The van der Waals surface area contributed by atoms with Gasteiger partial charge in [-0.3, -0.25) is 9.59 Å². The number of aliphatic hydroxyl groups excluding tert-OH is 1. The van der Waals surface area contributed by atoms with Crippen molar-refractivity contribution in [1.29, 1.82) is 0 Å². The number of carbonyl (C=O) groups excluding carboxylic acids is 2. The number of allylic oxidation sites excluding steroid dienone is 6. The zero-order chi connectivity index (χ0) is 29.9. The first kappa shape index (κ1) is 31.6. The van der Waals surface area contributed by atoms with Crippen molar-refractivity contribution in [3.8, 4) is 0 Å². The van der Waals surface area contributed by atoms with Gasteiger partial charge in [0.15, 0.2) is 11.6 Å². The Balaban J connectivity index is 1.73. The highest BCUT2D eigenvalue weighted by atomic mass is 16.7. The smallest absolute Gasteiger partial charge is 0.316 e. The van der Waals surface area contributed by atoms with Crippen LogP contribution in [0.3, 0.4) is 0 Å². The number of rotatable bonds is 2. The summed E-state index contributed by atoms with van der Waals surface area (Å²) < 4.78 is 19.6. The van der Waals surface area contributed by atoms with E-state index in [1.807, 2.05) is 13.0 Å². The lowest BCUT2D eigenvalue weighted by Gasteiger charge is -2.50. The number of hydrogen-bond acceptors (Lipinski definition) is 7. The summed E-state index contributed by atoms with van der Waals surface area (Å²) in [6, 6.07) is 0. The number of hydrogen-bond donors (Lipinski definition) is 2. The van der Waals surface area contributed by atoms with Gasteiger partial charge in [0, 0.05) is 25.7 Å². The number of fused-ring (bicyclic) bond motifs is 3. The first-order valence-corrected chi connectivity index (χ1v) is 15.2. The van der Waals surface area contributed by atoms with Crippen molar-refractivity contribution in [3.63, 3.8) is 0 Å². The molecule has 3 heterocycles. The summed E-state index contributed by atoms with van der Waals surface area (Å²) in [6.45, 7) is 11.7. The van der Waals surface area contributed by atoms with Crippen LogP contribution in [-0.2, 0) is 23.8 Å². The molecule has 3 aliphatic heterocycles. The molecule has 2 saturated heterocycles. The number of Topliss-reactive ketones (excluding diaryl/α,β-unsaturated/α-hetero) is 1. The van der Waals surface area contributed by atoms with Crippen LogP contribution < -0.4 is 0 Å². The maximum absolute atomic E-state index is 13.8. The Morgan fingerprint density at radius 2 is 1.93 bits per heavy atom. The number of ether oxygens (including phenoxy) is 3. The maximum Gasteiger partial charge on any atom is 0.316 e. The van der Waals surface area contributed by atoms with E-state index >= 15 is 0 Å². The van der Waals surface area contributed by atoms with E-state index in [4.69, 9.17) is 14.2 Å². The van der Waals surface area contributed by atoms with Crippen molar-refractivity contribution in [2.45, 2.75) is 116 Å². The van der Waals surface area contributed by atoms with Gasteiger partial charge in [0.25, 0.3) is 0 Å². The Hall–Kier alpha value is -2.32. The van der Waals surface area contributed by atoms with Gasteiger partial charge in [0.05, 0.1) is 18.8 Å². The summed E-state index contributed by atoms with van der Waals surface area (Å²) >= 11 is 0. The van der Waals surface area contributed by atoms with E-state index < -0.39 is 36.0 Å². The van der Waals surface area contributed by atoms with Crippen LogP contribution in [0, 0.1) is 17.8 Å². The third-order valence-corrected chi connectivity index (χ3v) is 9.36. The lowest BCUT2D eigenvalue weighted by molar-refractivity contribution is -0.329. The van der Waals surface area contributed by atoms with Crippen LogP contribution in [0.4, 0.5) is 0 Å². The molecule has 7 nitrogen and oxygen atoms in total. The molecule has 1 spiro atoms. The van der Waals surface area contributed by atoms with Crippen molar-refractivity contribution in [3.05, 3.63) is 58.7 Å². The molecule has 4 rings (SSSR count). The molecule has 2 N–H and O–H groups in total. The molecule has 0 aromatic heterocycles. The maximum atomic E-state index is 13.8. The summed E-state index contributed by atoms with van der Waals surface area (Å²) in [4.78, 5) is 26.6. The van der Waals surface area contributed by atoms with E-state index in [1.54, 1.807) is 19.1 Å². The molecule has 0 amide bonds. The highest BCUT2D eigenvalue weighted by Gasteiger charge is 2.52. The van der Waals surface area contributed by atoms with E-state index in [2.05, 4.69) is 39.8 Å². The topological polar surface area (TPSA) is 102 Å². The normalized spacial score (nSPS) is 42.7. The molecular formula is C34H48O7. The summed E-state index contributed by atoms with van der Waals surface area (Å²) in [5.74, 6) is -2.32. The van der Waals surface area contributed by atoms with Crippen LogP contribution in [0.25, 0.3) is 0 Å². The molecule has 0 saturated carbocycles. The fourth-order valence-corrected chi connectivity index (χ4v) is 6.78. The average Bonchev–Trinajstić information content (AvgIpc) is 2.92. The Kier molecular flexibility index (Phi) is 9.95. The predicted octanol–water partition coefficient (Wildman–Crippen LogP) is 5.67. The minimum absolute atomic E-state index is 0.0797. The van der Waals surface area contributed by atoms with Crippen molar-refractivity contribution in [2.75, 3.05) is 6.61 Å². The highest BCUT2D eigenvalue weighted by molar-refractivity contribution is 5.99. The molecule has 0 aromatic rings. The second-order valence-corrected chi connectivity index (χ2v) is 12.8. The molecule has 41 heavy (non-hydrogen) atoms. The van der Waals surface area contributed by atoms with Crippen LogP contribution in [-0.4, -0.2) is 58.3 Å². The largest absolute Gasteiger partial charge is 0.462 e. The minimum atomic E-state index is -1.88. The fourth-order valence-electron chi connectivity index (χ4n) is 6.78. The van der Waals surface area contributed by atoms with Crippen molar-refractivity contribution < 1.29 is 34.0 Å². The monoisotopic (exact) mass is 568 g/mol. The summed E-state index contributed by atoms with van der Waals surface area (Å²) in [6.07, 6.45) is 14.2. The van der Waals surface area contributed by atoms with Crippen LogP contribution in [0.2, 0.25) is 0 Å². The molecule has 0 aromatic carbocycles. The number of aliphatic hydroxyl groups is 2. The van der Waals surface area contributed by atoms with Gasteiger partial charge < -0.3 is 24.4 Å². The van der Waals surface area contributed by atoms with E-state index in [0.717, 1.165) is 18.4 Å². The molecular weight excluding hydrogens is 520 g/mol. The molecule has 4 aliphatic rings. The predicted molar refractivity (Wildman–Crippen MR) is 158 cm³/mol. The Bertz CT molecular complexity index is 1160. The van der Waals surface area contributed by atoms with Crippen molar-refractivity contribution >= 4 is 11.8 Å². The number of carbonyl (C=O) groups is 2. The first-order chi connectivity index (χ1) is 19.4. The fraction of sp³-hybridized carbons (Fsp3) is 0.647. The number of esters is 1. The molecule has 2 bridgehead atoms. The summed E-state index contributed by atoms with van der Waals surface area (Å²) in [7, 11) is 0. The van der Waals surface area contributed by atoms with E-state index in [1.165, 1.54) is 11.6 Å². The minimum Gasteiger partial charge on any atom is -0.462 e. The van der Waals surface area contributed by atoms with Gasteiger partial charge in [-0.2, -0.15) is 0 Å². The van der Waals surface area contributed by atoms with Gasteiger partial charge in [-0.15, -0.1) is 0 Å². The average molecular weight is 569 g/mol. The lowest BCUT2D eigenvalue weighted by atomic mass is 9.72. The van der Waals surface area contributed by atoms with Crippen LogP contribution >= 0.6 is 0 Å². The Morgan fingerprint density at radius 1 is 1.17 bits per heavy atom. The Morgan fingerprint density at radius 3 is 2.63 bits per heavy atom. The zero-order valence-corrected chi connectivity index (χ0v) is 25.5. The molecule has 226 valence electrons. The van der Waals surface area contributed by atoms with Gasteiger partial charge in [0.1, 0.15) is 17.6 Å². The standard InChI is InChI=1S/C34H48O7/c1-7-23(4)31-24(5)13-14-33(41-31)18-28-17-27(40-33)12-11-22(3)15-21(2)9-8-10-26(20-35)34(38)19-30(36)25(6)16-29(34)32(37)39-28/h7-11,16,21,24,27-29,31,35,38H,12-15,17-20H2,1-6H3/b9-8-,22-11-,23-7+,26-10-/t21-,24-,27+,28-,29-,31+,33+,34+/m0/s1.